The van der Waals surface area contributed by atoms with E-state index in [0.29, 0.717) is 5.92 Å². The van der Waals surface area contributed by atoms with Gasteiger partial charge in [-0.1, -0.05) is 30.7 Å². The second kappa shape index (κ2) is 5.46. The molecule has 1 saturated carbocycles. The summed E-state index contributed by atoms with van der Waals surface area (Å²) in [4.78, 5) is 0. The molecule has 2 heteroatoms. The molecule has 0 aliphatic heterocycles. The molecule has 0 aromatic heterocycles. The normalized spacial score (nSPS) is 25.6. The number of benzene rings is 1. The first-order chi connectivity index (χ1) is 7.79. The van der Waals surface area contributed by atoms with Gasteiger partial charge in [-0.15, -0.1) is 0 Å². The maximum Gasteiger partial charge on any atom is 0.0546 e. The molecule has 16 heavy (non-hydrogen) atoms. The Morgan fingerprint density at radius 3 is 2.50 bits per heavy atom. The van der Waals surface area contributed by atoms with Gasteiger partial charge in [-0.25, -0.2) is 0 Å². The van der Waals surface area contributed by atoms with Crippen molar-refractivity contribution in [3.8, 4) is 0 Å². The zero-order valence-electron chi connectivity index (χ0n) is 9.60. The number of hydrogen-bond donors (Lipinski definition) is 2. The van der Waals surface area contributed by atoms with Crippen LogP contribution in [0.1, 0.15) is 42.7 Å². The Kier molecular flexibility index (Phi) is 3.97. The van der Waals surface area contributed by atoms with Gasteiger partial charge < -0.3 is 10.2 Å². The smallest absolute Gasteiger partial charge is 0.0546 e. The predicted octanol–water partition coefficient (Wildman–Crippen LogP) is 2.24. The summed E-state index contributed by atoms with van der Waals surface area (Å²) in [6.07, 6.45) is 4.79. The number of hydrogen-bond acceptors (Lipinski definition) is 2. The van der Waals surface area contributed by atoms with Crippen LogP contribution < -0.4 is 0 Å². The molecule has 2 rings (SSSR count). The second-order valence-electron chi connectivity index (χ2n) is 4.73. The summed E-state index contributed by atoms with van der Waals surface area (Å²) >= 11 is 0. The molecule has 1 aliphatic carbocycles. The fourth-order valence-corrected chi connectivity index (χ4v) is 2.55. The van der Waals surface area contributed by atoms with Gasteiger partial charge in [0.1, 0.15) is 0 Å². The fourth-order valence-electron chi connectivity index (χ4n) is 2.55. The van der Waals surface area contributed by atoms with Crippen molar-refractivity contribution in [2.45, 2.75) is 44.1 Å². The third kappa shape index (κ3) is 2.83. The molecule has 2 unspecified atom stereocenters. The summed E-state index contributed by atoms with van der Waals surface area (Å²) in [7, 11) is 0. The largest absolute Gasteiger partial charge is 0.396 e. The summed E-state index contributed by atoms with van der Waals surface area (Å²) in [5.74, 6) is 0.520. The number of rotatable bonds is 3. The molecule has 0 bridgehead atoms. The van der Waals surface area contributed by atoms with E-state index in [-0.39, 0.29) is 12.7 Å². The van der Waals surface area contributed by atoms with Crippen LogP contribution in [0.2, 0.25) is 0 Å². The van der Waals surface area contributed by atoms with Crippen molar-refractivity contribution in [1.82, 2.24) is 0 Å². The Morgan fingerprint density at radius 2 is 1.88 bits per heavy atom. The predicted molar refractivity (Wildman–Crippen MR) is 64.4 cm³/mol. The SMILES string of the molecule is OCCc1ccc(C2CCCC(O)C2)cc1. The van der Waals surface area contributed by atoms with Crippen molar-refractivity contribution in [3.63, 3.8) is 0 Å². The lowest BCUT2D eigenvalue weighted by Crippen LogP contribution is -2.18. The van der Waals surface area contributed by atoms with Gasteiger partial charge in [0.15, 0.2) is 0 Å². The first-order valence-electron chi connectivity index (χ1n) is 6.17. The third-order valence-electron chi connectivity index (χ3n) is 3.50. The van der Waals surface area contributed by atoms with Crippen LogP contribution in [0.15, 0.2) is 24.3 Å². The van der Waals surface area contributed by atoms with Crippen LogP contribution in [-0.2, 0) is 6.42 Å². The van der Waals surface area contributed by atoms with Crippen LogP contribution >= 0.6 is 0 Å². The van der Waals surface area contributed by atoms with Gasteiger partial charge in [0, 0.05) is 6.61 Å². The van der Waals surface area contributed by atoms with Crippen molar-refractivity contribution in [2.75, 3.05) is 6.61 Å². The summed E-state index contributed by atoms with van der Waals surface area (Å²) in [5.41, 5.74) is 2.52. The quantitative estimate of drug-likeness (QED) is 0.820. The number of aliphatic hydroxyl groups excluding tert-OH is 2. The lowest BCUT2D eigenvalue weighted by Gasteiger charge is -2.26. The van der Waals surface area contributed by atoms with E-state index in [4.69, 9.17) is 5.11 Å². The van der Waals surface area contributed by atoms with Gasteiger partial charge in [-0.2, -0.15) is 0 Å². The molecule has 1 aromatic rings. The van der Waals surface area contributed by atoms with E-state index in [1.54, 1.807) is 0 Å². The molecule has 0 saturated heterocycles. The van der Waals surface area contributed by atoms with Gasteiger partial charge in [-0.3, -0.25) is 0 Å². The minimum atomic E-state index is -0.115. The van der Waals surface area contributed by atoms with E-state index >= 15 is 0 Å². The number of aliphatic hydroxyl groups is 2. The Hall–Kier alpha value is -0.860. The highest BCUT2D eigenvalue weighted by molar-refractivity contribution is 5.26. The van der Waals surface area contributed by atoms with Crippen LogP contribution in [0, 0.1) is 0 Å². The molecule has 2 nitrogen and oxygen atoms in total. The molecule has 0 radical (unpaired) electrons. The van der Waals surface area contributed by atoms with Crippen LogP contribution in [-0.4, -0.2) is 22.9 Å². The molecule has 2 N–H and O–H groups in total. The van der Waals surface area contributed by atoms with E-state index in [9.17, 15) is 5.11 Å². The van der Waals surface area contributed by atoms with Crippen LogP contribution in [0.25, 0.3) is 0 Å². The zero-order chi connectivity index (χ0) is 11.4. The highest BCUT2D eigenvalue weighted by atomic mass is 16.3. The average molecular weight is 220 g/mol. The molecule has 88 valence electrons. The molecule has 1 aromatic carbocycles. The third-order valence-corrected chi connectivity index (χ3v) is 3.50. The zero-order valence-corrected chi connectivity index (χ0v) is 9.60. The Morgan fingerprint density at radius 1 is 1.12 bits per heavy atom. The summed E-state index contributed by atoms with van der Waals surface area (Å²) in [5, 5.41) is 18.5. The highest BCUT2D eigenvalue weighted by Gasteiger charge is 2.21. The Balaban J connectivity index is 2.03. The minimum absolute atomic E-state index is 0.115. The Labute approximate surface area is 96.9 Å². The van der Waals surface area contributed by atoms with Crippen molar-refractivity contribution >= 4 is 0 Å². The van der Waals surface area contributed by atoms with E-state index < -0.39 is 0 Å². The first-order valence-corrected chi connectivity index (χ1v) is 6.17. The van der Waals surface area contributed by atoms with Gasteiger partial charge in [-0.05, 0) is 42.7 Å². The molecule has 1 aliphatic rings. The molecular weight excluding hydrogens is 200 g/mol. The summed E-state index contributed by atoms with van der Waals surface area (Å²) in [6.45, 7) is 0.210. The minimum Gasteiger partial charge on any atom is -0.396 e. The molecule has 2 atom stereocenters. The van der Waals surface area contributed by atoms with Gasteiger partial charge in [0.05, 0.1) is 6.10 Å². The molecule has 0 heterocycles. The first kappa shape index (κ1) is 11.6. The molecule has 1 fully saturated rings. The molecule has 0 spiro atoms. The monoisotopic (exact) mass is 220 g/mol. The molecular formula is C14H20O2. The van der Waals surface area contributed by atoms with Crippen LogP contribution in [0.3, 0.4) is 0 Å². The fraction of sp³-hybridized carbons (Fsp3) is 0.571. The lowest BCUT2D eigenvalue weighted by atomic mass is 9.82. The van der Waals surface area contributed by atoms with Crippen molar-refractivity contribution in [2.24, 2.45) is 0 Å². The highest BCUT2D eigenvalue weighted by Crippen LogP contribution is 2.32. The van der Waals surface area contributed by atoms with E-state index in [1.165, 1.54) is 17.5 Å². The van der Waals surface area contributed by atoms with Crippen LogP contribution in [0.5, 0.6) is 0 Å². The maximum absolute atomic E-state index is 9.65. The standard InChI is InChI=1S/C14H20O2/c15-9-8-11-4-6-12(7-5-11)13-2-1-3-14(16)10-13/h4-7,13-16H,1-3,8-10H2. The van der Waals surface area contributed by atoms with Gasteiger partial charge in [0.25, 0.3) is 0 Å². The van der Waals surface area contributed by atoms with E-state index in [1.807, 2.05) is 0 Å². The van der Waals surface area contributed by atoms with E-state index in [2.05, 4.69) is 24.3 Å². The average Bonchev–Trinajstić information content (AvgIpc) is 2.30. The van der Waals surface area contributed by atoms with Crippen molar-refractivity contribution in [1.29, 1.82) is 0 Å². The summed E-state index contributed by atoms with van der Waals surface area (Å²) in [6, 6.07) is 8.47. The topological polar surface area (TPSA) is 40.5 Å². The second-order valence-corrected chi connectivity index (χ2v) is 4.73. The van der Waals surface area contributed by atoms with Crippen molar-refractivity contribution in [3.05, 3.63) is 35.4 Å². The van der Waals surface area contributed by atoms with Gasteiger partial charge in [0.2, 0.25) is 0 Å². The maximum atomic E-state index is 9.65. The van der Waals surface area contributed by atoms with Crippen molar-refractivity contribution < 1.29 is 10.2 Å². The van der Waals surface area contributed by atoms with Crippen LogP contribution in [0.4, 0.5) is 0 Å². The van der Waals surface area contributed by atoms with E-state index in [0.717, 1.165) is 25.7 Å². The molecule has 0 amide bonds. The Bertz CT molecular complexity index is 318. The van der Waals surface area contributed by atoms with Gasteiger partial charge >= 0.3 is 0 Å². The summed E-state index contributed by atoms with van der Waals surface area (Å²) < 4.78 is 0. The lowest BCUT2D eigenvalue weighted by molar-refractivity contribution is 0.119.